The lowest BCUT2D eigenvalue weighted by Gasteiger charge is -2.40. The minimum absolute atomic E-state index is 0.0298. The molecule has 2 fully saturated rings. The molecule has 3 unspecified atom stereocenters. The second-order valence-corrected chi connectivity index (χ2v) is 6.03. The number of likely N-dealkylation sites (tertiary alicyclic amines) is 1. The summed E-state index contributed by atoms with van der Waals surface area (Å²) in [6.45, 7) is 0.568. The number of hydrogen-bond donors (Lipinski definition) is 1. The minimum Gasteiger partial charge on any atom is -0.481 e. The molecule has 1 aliphatic carbocycles. The van der Waals surface area contributed by atoms with Gasteiger partial charge in [-0.25, -0.2) is 0 Å². The summed E-state index contributed by atoms with van der Waals surface area (Å²) in [6, 6.07) is -0.222. The average molecular weight is 293 g/mol. The number of halogens is 3. The molecule has 0 radical (unpaired) electrons. The Morgan fingerprint density at radius 1 is 1.05 bits per heavy atom. The number of carboxylic acids is 1. The number of rotatable bonds is 2. The number of alkyl halides is 3. The molecular weight excluding hydrogens is 271 g/mol. The van der Waals surface area contributed by atoms with Crippen LogP contribution in [0, 0.1) is 11.8 Å². The Balaban J connectivity index is 2.08. The van der Waals surface area contributed by atoms with Crippen LogP contribution in [0.1, 0.15) is 44.9 Å². The molecular formula is C14H22F3NO2. The van der Waals surface area contributed by atoms with Gasteiger partial charge in [-0.15, -0.1) is 0 Å². The van der Waals surface area contributed by atoms with Crippen molar-refractivity contribution in [3.63, 3.8) is 0 Å². The van der Waals surface area contributed by atoms with E-state index in [0.29, 0.717) is 25.8 Å². The van der Waals surface area contributed by atoms with E-state index in [2.05, 4.69) is 0 Å². The highest BCUT2D eigenvalue weighted by atomic mass is 19.4. The van der Waals surface area contributed by atoms with Gasteiger partial charge in [0.15, 0.2) is 0 Å². The molecule has 1 saturated heterocycles. The normalized spacial score (nSPS) is 33.6. The van der Waals surface area contributed by atoms with Gasteiger partial charge in [0.1, 0.15) is 0 Å². The second kappa shape index (κ2) is 6.33. The van der Waals surface area contributed by atoms with Gasteiger partial charge in [-0.05, 0) is 32.2 Å². The Kier molecular flexibility index (Phi) is 4.94. The van der Waals surface area contributed by atoms with E-state index < -0.39 is 24.0 Å². The number of hydrogen-bond acceptors (Lipinski definition) is 2. The molecule has 1 heterocycles. The Hall–Kier alpha value is -0.780. The van der Waals surface area contributed by atoms with E-state index in [1.165, 1.54) is 0 Å². The highest BCUT2D eigenvalue weighted by molar-refractivity contribution is 5.70. The lowest BCUT2D eigenvalue weighted by atomic mass is 9.89. The number of nitrogens with zero attached hydrogens (tertiary/aromatic N) is 1. The van der Waals surface area contributed by atoms with Crippen molar-refractivity contribution >= 4 is 5.97 Å². The molecule has 2 rings (SSSR count). The van der Waals surface area contributed by atoms with Gasteiger partial charge in [-0.3, -0.25) is 9.69 Å². The van der Waals surface area contributed by atoms with E-state index >= 15 is 0 Å². The lowest BCUT2D eigenvalue weighted by Crippen LogP contribution is -2.50. The fourth-order valence-corrected chi connectivity index (χ4v) is 3.59. The maximum absolute atomic E-state index is 12.9. The van der Waals surface area contributed by atoms with Crippen LogP contribution in [0.3, 0.4) is 0 Å². The highest BCUT2D eigenvalue weighted by Crippen LogP contribution is 2.36. The van der Waals surface area contributed by atoms with Gasteiger partial charge >= 0.3 is 12.1 Å². The van der Waals surface area contributed by atoms with Gasteiger partial charge in [0.2, 0.25) is 0 Å². The van der Waals surface area contributed by atoms with Gasteiger partial charge in [-0.1, -0.05) is 19.3 Å². The minimum atomic E-state index is -4.16. The molecule has 3 nitrogen and oxygen atoms in total. The smallest absolute Gasteiger partial charge is 0.393 e. The van der Waals surface area contributed by atoms with Crippen LogP contribution in [0.2, 0.25) is 0 Å². The van der Waals surface area contributed by atoms with Crippen molar-refractivity contribution in [1.82, 2.24) is 4.90 Å². The van der Waals surface area contributed by atoms with E-state index in [9.17, 15) is 23.1 Å². The number of piperidine rings is 1. The summed E-state index contributed by atoms with van der Waals surface area (Å²) >= 11 is 0. The zero-order chi connectivity index (χ0) is 14.8. The van der Waals surface area contributed by atoms with Gasteiger partial charge in [0, 0.05) is 12.6 Å². The fourth-order valence-electron chi connectivity index (χ4n) is 3.59. The molecule has 116 valence electrons. The van der Waals surface area contributed by atoms with Gasteiger partial charge in [-0.2, -0.15) is 13.2 Å². The van der Waals surface area contributed by atoms with E-state index in [4.69, 9.17) is 0 Å². The number of carboxylic acid groups (broad SMARTS) is 1. The summed E-state index contributed by atoms with van der Waals surface area (Å²) in [4.78, 5) is 13.2. The number of aliphatic carboxylic acids is 1. The van der Waals surface area contributed by atoms with Crippen LogP contribution in [-0.4, -0.2) is 41.3 Å². The van der Waals surface area contributed by atoms with Crippen LogP contribution in [-0.2, 0) is 4.79 Å². The first kappa shape index (κ1) is 15.6. The van der Waals surface area contributed by atoms with Crippen molar-refractivity contribution in [2.45, 2.75) is 57.2 Å². The molecule has 0 bridgehead atoms. The zero-order valence-corrected chi connectivity index (χ0v) is 11.5. The predicted molar refractivity (Wildman–Crippen MR) is 68.4 cm³/mol. The quantitative estimate of drug-likeness (QED) is 0.794. The van der Waals surface area contributed by atoms with E-state index in [1.807, 2.05) is 0 Å². The first-order valence-electron chi connectivity index (χ1n) is 7.43. The van der Waals surface area contributed by atoms with E-state index in [-0.39, 0.29) is 19.0 Å². The molecule has 20 heavy (non-hydrogen) atoms. The molecule has 6 heteroatoms. The Bertz CT molecular complexity index is 346. The van der Waals surface area contributed by atoms with Crippen molar-refractivity contribution in [2.24, 2.45) is 11.8 Å². The predicted octanol–water partition coefficient (Wildman–Crippen LogP) is 3.29. The van der Waals surface area contributed by atoms with Crippen molar-refractivity contribution in [2.75, 3.05) is 13.1 Å². The van der Waals surface area contributed by atoms with Crippen molar-refractivity contribution in [1.29, 1.82) is 0 Å². The Morgan fingerprint density at radius 3 is 2.40 bits per heavy atom. The first-order valence-corrected chi connectivity index (χ1v) is 7.43. The van der Waals surface area contributed by atoms with Crippen molar-refractivity contribution < 1.29 is 23.1 Å². The zero-order valence-electron chi connectivity index (χ0n) is 11.5. The molecule has 0 spiro atoms. The Labute approximate surface area is 117 Å². The molecule has 1 saturated carbocycles. The molecule has 0 aromatic rings. The molecule has 0 aromatic heterocycles. The van der Waals surface area contributed by atoms with E-state index in [0.717, 1.165) is 19.3 Å². The maximum atomic E-state index is 12.9. The van der Waals surface area contributed by atoms with Gasteiger partial charge in [0.05, 0.1) is 11.8 Å². The third kappa shape index (κ3) is 3.65. The summed E-state index contributed by atoms with van der Waals surface area (Å²) in [5.41, 5.74) is 0. The molecule has 0 aromatic carbocycles. The summed E-state index contributed by atoms with van der Waals surface area (Å²) in [5.74, 6) is -2.66. The van der Waals surface area contributed by atoms with Crippen LogP contribution in [0.5, 0.6) is 0 Å². The molecule has 1 aliphatic heterocycles. The van der Waals surface area contributed by atoms with Crippen LogP contribution in [0.25, 0.3) is 0 Å². The highest BCUT2D eigenvalue weighted by Gasteiger charge is 2.44. The third-order valence-electron chi connectivity index (χ3n) is 4.68. The van der Waals surface area contributed by atoms with Crippen molar-refractivity contribution in [3.8, 4) is 0 Å². The molecule has 3 atom stereocenters. The number of carbonyl (C=O) groups is 1. The first-order chi connectivity index (χ1) is 9.39. The molecule has 1 N–H and O–H groups in total. The van der Waals surface area contributed by atoms with Crippen LogP contribution in [0.15, 0.2) is 0 Å². The monoisotopic (exact) mass is 293 g/mol. The van der Waals surface area contributed by atoms with Crippen molar-refractivity contribution in [3.05, 3.63) is 0 Å². The van der Waals surface area contributed by atoms with Gasteiger partial charge in [0.25, 0.3) is 0 Å². The summed E-state index contributed by atoms with van der Waals surface area (Å²) in [5, 5.41) is 9.34. The van der Waals surface area contributed by atoms with Gasteiger partial charge < -0.3 is 5.11 Å². The van der Waals surface area contributed by atoms with E-state index in [1.54, 1.807) is 4.90 Å². The summed E-state index contributed by atoms with van der Waals surface area (Å²) in [6.07, 6.45) is 0.580. The largest absolute Gasteiger partial charge is 0.481 e. The van der Waals surface area contributed by atoms with Crippen LogP contribution >= 0.6 is 0 Å². The second-order valence-electron chi connectivity index (χ2n) is 6.03. The Morgan fingerprint density at radius 2 is 1.75 bits per heavy atom. The SMILES string of the molecule is O=C(O)C1CCCCCC1N1CCCC(C(F)(F)F)C1. The average Bonchev–Trinajstić information content (AvgIpc) is 2.63. The summed E-state index contributed by atoms with van der Waals surface area (Å²) in [7, 11) is 0. The van der Waals surface area contributed by atoms with Crippen LogP contribution in [0.4, 0.5) is 13.2 Å². The molecule has 2 aliphatic rings. The third-order valence-corrected chi connectivity index (χ3v) is 4.68. The maximum Gasteiger partial charge on any atom is 0.393 e. The standard InChI is InChI=1S/C14H22F3NO2/c15-14(16,17)10-5-4-8-18(9-10)12-7-3-1-2-6-11(12)13(19)20/h10-12H,1-9H2,(H,19,20). The topological polar surface area (TPSA) is 40.5 Å². The fraction of sp³-hybridized carbons (Fsp3) is 0.929. The lowest BCUT2D eigenvalue weighted by molar-refractivity contribution is -0.190. The summed E-state index contributed by atoms with van der Waals surface area (Å²) < 4.78 is 38.6. The van der Waals surface area contributed by atoms with Crippen LogP contribution < -0.4 is 0 Å². The molecule has 0 amide bonds.